The zero-order valence-corrected chi connectivity index (χ0v) is 43.2. The molecule has 0 saturated carbocycles. The molecule has 14 rings (SSSR count). The molecule has 12 aromatic carbocycles. The van der Waals surface area contributed by atoms with Crippen LogP contribution in [0.4, 0.5) is 17.1 Å². The van der Waals surface area contributed by atoms with Crippen LogP contribution in [0.25, 0.3) is 77.9 Å². The minimum Gasteiger partial charge on any atom is -0.310 e. The molecule has 1 nitrogen and oxygen atoms in total. The van der Waals surface area contributed by atoms with Gasteiger partial charge >= 0.3 is 0 Å². The van der Waals surface area contributed by atoms with Crippen molar-refractivity contribution in [1.82, 2.24) is 0 Å². The van der Waals surface area contributed by atoms with Gasteiger partial charge in [-0.2, -0.15) is 0 Å². The van der Waals surface area contributed by atoms with Gasteiger partial charge in [-0.15, -0.1) is 0 Å². The number of hydrogen-bond acceptors (Lipinski definition) is 1. The van der Waals surface area contributed by atoms with Gasteiger partial charge in [-0.3, -0.25) is 0 Å². The molecule has 1 heteroatoms. The van der Waals surface area contributed by atoms with E-state index >= 15 is 0 Å². The number of para-hydroxylation sites is 1. The quantitative estimate of drug-likeness (QED) is 0.132. The Labute approximate surface area is 452 Å². The van der Waals surface area contributed by atoms with Crippen LogP contribution in [-0.4, -0.2) is 0 Å². The topological polar surface area (TPSA) is 3.24 Å². The molecule has 0 N–H and O–H groups in total. The highest BCUT2D eigenvalue weighted by atomic mass is 15.1. The zero-order valence-electron chi connectivity index (χ0n) is 43.2. The molecule has 0 radical (unpaired) electrons. The van der Waals surface area contributed by atoms with Gasteiger partial charge in [-0.25, -0.2) is 0 Å². The van der Waals surface area contributed by atoms with Crippen LogP contribution in [0.3, 0.4) is 0 Å². The highest BCUT2D eigenvalue weighted by Gasteiger charge is 2.46. The van der Waals surface area contributed by atoms with Gasteiger partial charge in [-0.1, -0.05) is 275 Å². The summed E-state index contributed by atoms with van der Waals surface area (Å²) in [6, 6.07) is 110. The molecule has 0 atom stereocenters. The summed E-state index contributed by atoms with van der Waals surface area (Å²) in [5, 5.41) is 0. The second-order valence-electron chi connectivity index (χ2n) is 21.2. The van der Waals surface area contributed by atoms with Gasteiger partial charge < -0.3 is 4.90 Å². The molecule has 364 valence electrons. The third kappa shape index (κ3) is 7.69. The van der Waals surface area contributed by atoms with E-state index in [-0.39, 0.29) is 5.41 Å². The maximum absolute atomic E-state index is 2.52. The minimum atomic E-state index is -0.545. The van der Waals surface area contributed by atoms with Crippen LogP contribution in [0, 0.1) is 0 Å². The zero-order chi connectivity index (χ0) is 51.5. The molecule has 0 fully saturated rings. The van der Waals surface area contributed by atoms with Crippen molar-refractivity contribution < 1.29 is 0 Å². The Morgan fingerprint density at radius 1 is 0.234 bits per heavy atom. The Bertz CT molecular complexity index is 4080. The monoisotopic (exact) mass is 981 g/mol. The predicted molar refractivity (Wildman–Crippen MR) is 323 cm³/mol. The molecule has 0 aromatic heterocycles. The average Bonchev–Trinajstić information content (AvgIpc) is 4.18. The van der Waals surface area contributed by atoms with Crippen molar-refractivity contribution >= 4 is 17.1 Å². The molecule has 0 heterocycles. The van der Waals surface area contributed by atoms with Crippen molar-refractivity contribution in [2.45, 2.75) is 24.7 Å². The Balaban J connectivity index is 0.889. The lowest BCUT2D eigenvalue weighted by atomic mass is 9.67. The predicted octanol–water partition coefficient (Wildman–Crippen LogP) is 20.2. The number of anilines is 3. The van der Waals surface area contributed by atoms with E-state index in [2.05, 4.69) is 316 Å². The molecule has 0 bridgehead atoms. The van der Waals surface area contributed by atoms with Gasteiger partial charge in [0.05, 0.1) is 11.1 Å². The Morgan fingerprint density at radius 3 is 1.09 bits per heavy atom. The normalized spacial score (nSPS) is 13.3. The van der Waals surface area contributed by atoms with E-state index in [1.165, 1.54) is 100 Å². The van der Waals surface area contributed by atoms with E-state index in [0.29, 0.717) is 0 Å². The van der Waals surface area contributed by atoms with Crippen LogP contribution in [0.2, 0.25) is 0 Å². The van der Waals surface area contributed by atoms with Gasteiger partial charge in [0.2, 0.25) is 0 Å². The SMILES string of the molecule is CC1(C)c2cc(-c3ccc(-c4ccc(-c5ccccc5)cc4)cc3)ccc2-c2ccc(N(c3ccc4c(c3)C(c3ccccc3)(c3ccccc3)c3ccccc3-4)c3ccccc3-c3ccc(-c4ccccc4)cc3)cc21. The minimum absolute atomic E-state index is 0.273. The highest BCUT2D eigenvalue weighted by Crippen LogP contribution is 2.58. The van der Waals surface area contributed by atoms with E-state index in [9.17, 15) is 0 Å². The molecular formula is C76H55N. The van der Waals surface area contributed by atoms with Crippen LogP contribution in [0.5, 0.6) is 0 Å². The van der Waals surface area contributed by atoms with Crippen LogP contribution in [0.1, 0.15) is 47.2 Å². The van der Waals surface area contributed by atoms with Crippen LogP contribution >= 0.6 is 0 Å². The lowest BCUT2D eigenvalue weighted by Gasteiger charge is -2.35. The van der Waals surface area contributed by atoms with Crippen molar-refractivity contribution in [2.24, 2.45) is 0 Å². The van der Waals surface area contributed by atoms with Gasteiger partial charge in [0.1, 0.15) is 0 Å². The first-order chi connectivity index (χ1) is 37.9. The number of nitrogens with zero attached hydrogens (tertiary/aromatic N) is 1. The third-order valence-corrected chi connectivity index (χ3v) is 16.6. The largest absolute Gasteiger partial charge is 0.310 e. The lowest BCUT2D eigenvalue weighted by molar-refractivity contribution is 0.660. The fourth-order valence-corrected chi connectivity index (χ4v) is 12.8. The summed E-state index contributed by atoms with van der Waals surface area (Å²) in [6.45, 7) is 4.81. The summed E-state index contributed by atoms with van der Waals surface area (Å²) in [5.74, 6) is 0. The van der Waals surface area contributed by atoms with E-state index in [0.717, 1.165) is 28.2 Å². The molecule has 0 amide bonds. The van der Waals surface area contributed by atoms with E-state index in [1.54, 1.807) is 0 Å². The molecule has 0 saturated heterocycles. The Hall–Kier alpha value is -9.56. The Kier molecular flexibility index (Phi) is 11.2. The molecule has 2 aliphatic rings. The van der Waals surface area contributed by atoms with Gasteiger partial charge in [0.15, 0.2) is 0 Å². The van der Waals surface area contributed by atoms with Gasteiger partial charge in [0, 0.05) is 22.4 Å². The maximum Gasteiger partial charge on any atom is 0.0714 e. The molecular weight excluding hydrogens is 927 g/mol. The fourth-order valence-electron chi connectivity index (χ4n) is 12.8. The summed E-state index contributed by atoms with van der Waals surface area (Å²) in [5.41, 5.74) is 27.4. The average molecular weight is 982 g/mol. The fraction of sp³-hybridized carbons (Fsp3) is 0.0526. The van der Waals surface area contributed by atoms with E-state index < -0.39 is 5.41 Å². The van der Waals surface area contributed by atoms with Crippen LogP contribution in [0.15, 0.2) is 297 Å². The molecule has 77 heavy (non-hydrogen) atoms. The second kappa shape index (κ2) is 18.7. The number of rotatable bonds is 10. The standard InChI is InChI=1S/C76H55N/c1-75(2)71-49-60(58-37-35-57(36-38-58)56-33-31-54(32-34-56)52-19-7-3-8-20-52)43-46-67(71)68-47-44-63(50-72(68)75)77(74-30-18-16-27-65(74)59-41-39-55(40-42-59)53-21-9-4-10-22-53)64-45-48-69-66-28-15-17-29-70(66)76(73(69)51-64,61-23-11-5-12-24-61)62-25-13-6-14-26-62/h3-51H,1-2H3. The van der Waals surface area contributed by atoms with Gasteiger partial charge in [-0.05, 0) is 142 Å². The van der Waals surface area contributed by atoms with Crippen molar-refractivity contribution in [3.8, 4) is 77.9 Å². The first-order valence-electron chi connectivity index (χ1n) is 26.9. The van der Waals surface area contributed by atoms with Crippen LogP contribution < -0.4 is 4.90 Å². The summed E-state index contributed by atoms with van der Waals surface area (Å²) < 4.78 is 0. The summed E-state index contributed by atoms with van der Waals surface area (Å²) in [4.78, 5) is 2.52. The first-order valence-corrected chi connectivity index (χ1v) is 26.9. The smallest absolute Gasteiger partial charge is 0.0714 e. The summed E-state index contributed by atoms with van der Waals surface area (Å²) >= 11 is 0. The highest BCUT2D eigenvalue weighted by molar-refractivity contribution is 5.94. The molecule has 12 aromatic rings. The molecule has 2 aliphatic carbocycles. The van der Waals surface area contributed by atoms with Crippen molar-refractivity contribution in [3.63, 3.8) is 0 Å². The summed E-state index contributed by atoms with van der Waals surface area (Å²) in [7, 11) is 0. The second-order valence-corrected chi connectivity index (χ2v) is 21.2. The molecule has 0 spiro atoms. The van der Waals surface area contributed by atoms with Crippen molar-refractivity contribution in [3.05, 3.63) is 331 Å². The number of hydrogen-bond donors (Lipinski definition) is 0. The number of fused-ring (bicyclic) bond motifs is 6. The maximum atomic E-state index is 2.52. The first kappa shape index (κ1) is 46.0. The lowest BCUT2D eigenvalue weighted by Crippen LogP contribution is -2.28. The Morgan fingerprint density at radius 2 is 0.571 bits per heavy atom. The van der Waals surface area contributed by atoms with Gasteiger partial charge in [0.25, 0.3) is 0 Å². The summed E-state index contributed by atoms with van der Waals surface area (Å²) in [6.07, 6.45) is 0. The molecule has 0 aliphatic heterocycles. The number of benzene rings is 12. The van der Waals surface area contributed by atoms with Crippen molar-refractivity contribution in [2.75, 3.05) is 4.90 Å². The van der Waals surface area contributed by atoms with Crippen LogP contribution in [-0.2, 0) is 10.8 Å². The third-order valence-electron chi connectivity index (χ3n) is 16.6. The van der Waals surface area contributed by atoms with E-state index in [4.69, 9.17) is 0 Å². The van der Waals surface area contributed by atoms with Crippen molar-refractivity contribution in [1.29, 1.82) is 0 Å². The van der Waals surface area contributed by atoms with E-state index in [1.807, 2.05) is 0 Å². The molecule has 0 unspecified atom stereocenters.